The van der Waals surface area contributed by atoms with Crippen LogP contribution in [0.2, 0.25) is 0 Å². The van der Waals surface area contributed by atoms with Crippen LogP contribution in [0.25, 0.3) is 0 Å². The van der Waals surface area contributed by atoms with Crippen LogP contribution in [0.3, 0.4) is 0 Å². The largest absolute Gasteiger partial charge is 0.320 e. The zero-order valence-electron chi connectivity index (χ0n) is 8.64. The molecule has 0 aromatic heterocycles. The summed E-state index contributed by atoms with van der Waals surface area (Å²) in [5.41, 5.74) is 4.49. The summed E-state index contributed by atoms with van der Waals surface area (Å²) in [5, 5.41) is 0. The van der Waals surface area contributed by atoms with Crippen LogP contribution in [0, 0.1) is 6.92 Å². The maximum absolute atomic E-state index is 13.8. The fourth-order valence-electron chi connectivity index (χ4n) is 1.27. The first-order chi connectivity index (χ1) is 6.27. The van der Waals surface area contributed by atoms with Gasteiger partial charge in [0.25, 0.3) is 5.92 Å². The Kier molecular flexibility index (Phi) is 2.63. The van der Waals surface area contributed by atoms with E-state index in [1.165, 1.54) is 19.9 Å². The highest BCUT2D eigenvalue weighted by Gasteiger charge is 2.46. The monoisotopic (exact) mass is 199 g/mol. The molecule has 0 radical (unpaired) electrons. The van der Waals surface area contributed by atoms with Crippen LogP contribution in [-0.4, -0.2) is 5.54 Å². The van der Waals surface area contributed by atoms with Crippen molar-refractivity contribution in [3.8, 4) is 0 Å². The smallest absolute Gasteiger partial charge is 0.290 e. The summed E-state index contributed by atoms with van der Waals surface area (Å²) in [6, 6.07) is 6.42. The van der Waals surface area contributed by atoms with Gasteiger partial charge in [0.2, 0.25) is 0 Å². The molecule has 3 heteroatoms. The molecule has 1 aromatic rings. The molecule has 0 amide bonds. The van der Waals surface area contributed by atoms with Crippen molar-refractivity contribution in [2.75, 3.05) is 0 Å². The molecule has 0 spiro atoms. The lowest BCUT2D eigenvalue weighted by atomic mass is 9.89. The average Bonchev–Trinajstić information content (AvgIpc) is 2.02. The van der Waals surface area contributed by atoms with Crippen LogP contribution in [0.1, 0.15) is 25.0 Å². The quantitative estimate of drug-likeness (QED) is 0.778. The zero-order valence-corrected chi connectivity index (χ0v) is 8.64. The highest BCUT2D eigenvalue weighted by Crippen LogP contribution is 2.38. The van der Waals surface area contributed by atoms with Gasteiger partial charge >= 0.3 is 0 Å². The summed E-state index contributed by atoms with van der Waals surface area (Å²) < 4.78 is 27.6. The van der Waals surface area contributed by atoms with Gasteiger partial charge < -0.3 is 5.73 Å². The van der Waals surface area contributed by atoms with E-state index in [0.717, 1.165) is 0 Å². The molecular weight excluding hydrogens is 184 g/mol. The Morgan fingerprint density at radius 1 is 1.14 bits per heavy atom. The molecule has 0 aliphatic rings. The van der Waals surface area contributed by atoms with E-state index in [1.54, 1.807) is 25.1 Å². The topological polar surface area (TPSA) is 26.0 Å². The SMILES string of the molecule is Cc1ccccc1C(F)(F)C(C)(C)N. The third-order valence-electron chi connectivity index (χ3n) is 2.29. The van der Waals surface area contributed by atoms with Crippen molar-refractivity contribution in [2.45, 2.75) is 32.2 Å². The Hall–Kier alpha value is -0.960. The molecule has 0 aliphatic carbocycles. The van der Waals surface area contributed by atoms with Crippen LogP contribution in [0.4, 0.5) is 8.78 Å². The summed E-state index contributed by atoms with van der Waals surface area (Å²) in [4.78, 5) is 0. The summed E-state index contributed by atoms with van der Waals surface area (Å²) in [7, 11) is 0. The summed E-state index contributed by atoms with van der Waals surface area (Å²) in [5.74, 6) is -3.00. The molecule has 0 heterocycles. The minimum absolute atomic E-state index is 0.00694. The first-order valence-electron chi connectivity index (χ1n) is 4.49. The molecule has 14 heavy (non-hydrogen) atoms. The molecule has 0 bridgehead atoms. The van der Waals surface area contributed by atoms with E-state index in [9.17, 15) is 8.78 Å². The van der Waals surface area contributed by atoms with Crippen molar-refractivity contribution in [1.82, 2.24) is 0 Å². The van der Waals surface area contributed by atoms with Crippen LogP contribution >= 0.6 is 0 Å². The van der Waals surface area contributed by atoms with Gasteiger partial charge in [0, 0.05) is 5.56 Å². The lowest BCUT2D eigenvalue weighted by molar-refractivity contribution is -0.0677. The Morgan fingerprint density at radius 2 is 1.64 bits per heavy atom. The van der Waals surface area contributed by atoms with Gasteiger partial charge in [0.05, 0.1) is 5.54 Å². The number of hydrogen-bond acceptors (Lipinski definition) is 1. The molecule has 1 rings (SSSR count). The third kappa shape index (κ3) is 1.77. The molecule has 0 unspecified atom stereocenters. The maximum Gasteiger partial charge on any atom is 0.290 e. The van der Waals surface area contributed by atoms with E-state index in [0.29, 0.717) is 5.56 Å². The molecular formula is C11H15F2N. The van der Waals surface area contributed by atoms with E-state index in [-0.39, 0.29) is 5.56 Å². The van der Waals surface area contributed by atoms with Crippen molar-refractivity contribution >= 4 is 0 Å². The zero-order chi connectivity index (χ0) is 11.0. The molecule has 0 saturated carbocycles. The molecule has 0 aliphatic heterocycles. The van der Waals surface area contributed by atoms with Crippen molar-refractivity contribution < 1.29 is 8.78 Å². The average molecular weight is 199 g/mol. The molecule has 0 saturated heterocycles. The highest BCUT2D eigenvalue weighted by atomic mass is 19.3. The van der Waals surface area contributed by atoms with Crippen LogP contribution < -0.4 is 5.73 Å². The van der Waals surface area contributed by atoms with Crippen LogP contribution in [-0.2, 0) is 5.92 Å². The number of rotatable bonds is 2. The van der Waals surface area contributed by atoms with Crippen molar-refractivity contribution in [2.24, 2.45) is 5.73 Å². The number of alkyl halides is 2. The molecule has 1 aromatic carbocycles. The normalized spacial score (nSPS) is 13.0. The number of aryl methyl sites for hydroxylation is 1. The first kappa shape index (κ1) is 11.1. The maximum atomic E-state index is 13.8. The van der Waals surface area contributed by atoms with E-state index < -0.39 is 11.5 Å². The highest BCUT2D eigenvalue weighted by molar-refractivity contribution is 5.31. The number of nitrogens with two attached hydrogens (primary N) is 1. The predicted molar refractivity (Wildman–Crippen MR) is 53.3 cm³/mol. The van der Waals surface area contributed by atoms with Gasteiger partial charge in [-0.2, -0.15) is 8.78 Å². The first-order valence-corrected chi connectivity index (χ1v) is 4.49. The Labute approximate surface area is 82.9 Å². The van der Waals surface area contributed by atoms with E-state index in [4.69, 9.17) is 5.73 Å². The predicted octanol–water partition coefficient (Wildman–Crippen LogP) is 2.82. The minimum atomic E-state index is -3.00. The van der Waals surface area contributed by atoms with Gasteiger partial charge in [-0.25, -0.2) is 0 Å². The molecule has 0 fully saturated rings. The summed E-state index contributed by atoms with van der Waals surface area (Å²) in [6.45, 7) is 4.33. The minimum Gasteiger partial charge on any atom is -0.320 e. The lowest BCUT2D eigenvalue weighted by Gasteiger charge is -2.31. The second-order valence-corrected chi connectivity index (χ2v) is 4.11. The van der Waals surface area contributed by atoms with E-state index >= 15 is 0 Å². The number of halogens is 2. The van der Waals surface area contributed by atoms with Gasteiger partial charge in [0.15, 0.2) is 0 Å². The summed E-state index contributed by atoms with van der Waals surface area (Å²) in [6.07, 6.45) is 0. The van der Waals surface area contributed by atoms with E-state index in [1.807, 2.05) is 0 Å². The molecule has 2 N–H and O–H groups in total. The van der Waals surface area contributed by atoms with Gasteiger partial charge in [-0.1, -0.05) is 24.3 Å². The fourth-order valence-corrected chi connectivity index (χ4v) is 1.27. The Balaban J connectivity index is 3.23. The van der Waals surface area contributed by atoms with Crippen molar-refractivity contribution in [3.63, 3.8) is 0 Å². The Morgan fingerprint density at radius 3 is 2.07 bits per heavy atom. The van der Waals surface area contributed by atoms with Crippen LogP contribution in [0.5, 0.6) is 0 Å². The number of hydrogen-bond donors (Lipinski definition) is 1. The van der Waals surface area contributed by atoms with Gasteiger partial charge in [-0.15, -0.1) is 0 Å². The number of benzene rings is 1. The lowest BCUT2D eigenvalue weighted by Crippen LogP contribution is -2.48. The Bertz CT molecular complexity index is 326. The fraction of sp³-hybridized carbons (Fsp3) is 0.455. The van der Waals surface area contributed by atoms with Gasteiger partial charge in [0.1, 0.15) is 0 Å². The molecule has 0 atom stereocenters. The third-order valence-corrected chi connectivity index (χ3v) is 2.29. The molecule has 1 nitrogen and oxygen atoms in total. The van der Waals surface area contributed by atoms with Gasteiger partial charge in [-0.3, -0.25) is 0 Å². The second-order valence-electron chi connectivity index (χ2n) is 4.11. The second kappa shape index (κ2) is 3.31. The van der Waals surface area contributed by atoms with Gasteiger partial charge in [-0.05, 0) is 26.3 Å². The van der Waals surface area contributed by atoms with E-state index in [2.05, 4.69) is 0 Å². The standard InChI is InChI=1S/C11H15F2N/c1-8-6-4-5-7-9(8)11(12,13)10(2,3)14/h4-7H,14H2,1-3H3. The van der Waals surface area contributed by atoms with Crippen molar-refractivity contribution in [1.29, 1.82) is 0 Å². The van der Waals surface area contributed by atoms with Crippen molar-refractivity contribution in [3.05, 3.63) is 35.4 Å². The molecule has 78 valence electrons. The summed E-state index contributed by atoms with van der Waals surface area (Å²) >= 11 is 0. The van der Waals surface area contributed by atoms with Crippen LogP contribution in [0.15, 0.2) is 24.3 Å².